The van der Waals surface area contributed by atoms with Crippen LogP contribution in [0.3, 0.4) is 0 Å². The second-order valence-electron chi connectivity index (χ2n) is 3.23. The number of hydrogen-bond acceptors (Lipinski definition) is 3. The Morgan fingerprint density at radius 2 is 2.21 bits per heavy atom. The zero-order valence-electron chi connectivity index (χ0n) is 7.78. The quantitative estimate of drug-likeness (QED) is 0.766. The van der Waals surface area contributed by atoms with Gasteiger partial charge in [0, 0.05) is 15.1 Å². The fourth-order valence-corrected chi connectivity index (χ4v) is 2.56. The highest BCUT2D eigenvalue weighted by Gasteiger charge is 2.05. The van der Waals surface area contributed by atoms with Crippen LogP contribution in [0.1, 0.15) is 20.8 Å². The summed E-state index contributed by atoms with van der Waals surface area (Å²) in [5, 5.41) is 10.2. The van der Waals surface area contributed by atoms with E-state index in [9.17, 15) is 4.79 Å². The molecule has 0 aliphatic carbocycles. The molecule has 0 saturated carbocycles. The first kappa shape index (κ1) is 9.37. The molecule has 1 aromatic heterocycles. The summed E-state index contributed by atoms with van der Waals surface area (Å²) in [5.74, 6) is 0. The number of carbonyl (C=O) groups is 1. The van der Waals surface area contributed by atoms with Crippen LogP contribution >= 0.6 is 11.3 Å². The maximum absolute atomic E-state index is 10.6. The molecule has 1 heterocycles. The van der Waals surface area contributed by atoms with E-state index in [4.69, 9.17) is 5.11 Å². The lowest BCUT2D eigenvalue weighted by Gasteiger charge is -1.99. The van der Waals surface area contributed by atoms with Gasteiger partial charge in [-0.1, -0.05) is 0 Å². The van der Waals surface area contributed by atoms with Crippen molar-refractivity contribution in [3.8, 4) is 0 Å². The Labute approximate surface area is 85.8 Å². The highest BCUT2D eigenvalue weighted by molar-refractivity contribution is 7.19. The Hall–Kier alpha value is -1.19. The molecular formula is C11H10O2S. The zero-order chi connectivity index (χ0) is 10.1. The van der Waals surface area contributed by atoms with E-state index in [2.05, 4.69) is 0 Å². The van der Waals surface area contributed by atoms with Gasteiger partial charge in [-0.15, -0.1) is 11.3 Å². The molecule has 0 radical (unpaired) electrons. The van der Waals surface area contributed by atoms with Crippen molar-refractivity contribution in [2.75, 3.05) is 0 Å². The maximum atomic E-state index is 10.6. The lowest BCUT2D eigenvalue weighted by atomic mass is 10.1. The number of hydrogen-bond donors (Lipinski definition) is 1. The molecule has 72 valence electrons. The van der Waals surface area contributed by atoms with Crippen molar-refractivity contribution in [2.45, 2.75) is 13.5 Å². The largest absolute Gasteiger partial charge is 0.392 e. The van der Waals surface area contributed by atoms with Crippen LogP contribution in [0, 0.1) is 6.92 Å². The molecule has 0 aliphatic rings. The Balaban J connectivity index is 2.78. The molecule has 0 saturated heterocycles. The minimum absolute atomic E-state index is 0.0157. The molecule has 1 aromatic carbocycles. The topological polar surface area (TPSA) is 37.3 Å². The van der Waals surface area contributed by atoms with Crippen LogP contribution in [0.5, 0.6) is 0 Å². The number of carbonyl (C=O) groups excluding carboxylic acids is 1. The molecule has 2 aromatic rings. The van der Waals surface area contributed by atoms with Gasteiger partial charge in [0.15, 0.2) is 0 Å². The normalized spacial score (nSPS) is 10.7. The van der Waals surface area contributed by atoms with Gasteiger partial charge in [0.05, 0.1) is 6.61 Å². The Bertz CT molecular complexity index is 485. The number of thiophene rings is 1. The predicted octanol–water partition coefficient (Wildman–Crippen LogP) is 2.51. The Morgan fingerprint density at radius 3 is 2.86 bits per heavy atom. The van der Waals surface area contributed by atoms with E-state index < -0.39 is 0 Å². The molecular weight excluding hydrogens is 196 g/mol. The SMILES string of the molecule is Cc1cc2cc(C=O)cc(CO)c2s1. The molecule has 0 spiro atoms. The monoisotopic (exact) mass is 206 g/mol. The summed E-state index contributed by atoms with van der Waals surface area (Å²) >= 11 is 1.65. The maximum Gasteiger partial charge on any atom is 0.150 e. The molecule has 3 heteroatoms. The lowest BCUT2D eigenvalue weighted by Crippen LogP contribution is -1.87. The third-order valence-electron chi connectivity index (χ3n) is 2.15. The van der Waals surface area contributed by atoms with Gasteiger partial charge in [-0.2, -0.15) is 0 Å². The smallest absolute Gasteiger partial charge is 0.150 e. The van der Waals surface area contributed by atoms with E-state index in [0.29, 0.717) is 5.56 Å². The summed E-state index contributed by atoms with van der Waals surface area (Å²) in [5.41, 5.74) is 1.46. The number of fused-ring (bicyclic) bond motifs is 1. The highest BCUT2D eigenvalue weighted by Crippen LogP contribution is 2.29. The van der Waals surface area contributed by atoms with E-state index in [-0.39, 0.29) is 6.61 Å². The summed E-state index contributed by atoms with van der Waals surface area (Å²) in [6.45, 7) is 2.00. The van der Waals surface area contributed by atoms with Gasteiger partial charge in [-0.3, -0.25) is 4.79 Å². The van der Waals surface area contributed by atoms with E-state index in [0.717, 1.165) is 21.9 Å². The van der Waals surface area contributed by atoms with Gasteiger partial charge in [0.25, 0.3) is 0 Å². The Morgan fingerprint density at radius 1 is 1.43 bits per heavy atom. The summed E-state index contributed by atoms with van der Waals surface area (Å²) in [4.78, 5) is 11.8. The fraction of sp³-hybridized carbons (Fsp3) is 0.182. The minimum atomic E-state index is -0.0157. The average Bonchev–Trinajstić information content (AvgIpc) is 2.56. The van der Waals surface area contributed by atoms with Crippen LogP contribution in [0.25, 0.3) is 10.1 Å². The van der Waals surface area contributed by atoms with Gasteiger partial charge in [0.1, 0.15) is 6.29 Å². The second kappa shape index (κ2) is 3.52. The minimum Gasteiger partial charge on any atom is -0.392 e. The molecule has 2 rings (SSSR count). The van der Waals surface area contributed by atoms with E-state index >= 15 is 0 Å². The number of aldehydes is 1. The van der Waals surface area contributed by atoms with E-state index in [1.54, 1.807) is 17.4 Å². The number of aliphatic hydroxyl groups excluding tert-OH is 1. The van der Waals surface area contributed by atoms with Crippen LogP contribution in [0.15, 0.2) is 18.2 Å². The molecule has 0 aliphatic heterocycles. The Kier molecular flexibility index (Phi) is 2.35. The molecule has 0 amide bonds. The van der Waals surface area contributed by atoms with Gasteiger partial charge in [-0.05, 0) is 36.1 Å². The van der Waals surface area contributed by atoms with Crippen molar-refractivity contribution in [3.63, 3.8) is 0 Å². The van der Waals surface area contributed by atoms with Crippen LogP contribution in [-0.2, 0) is 6.61 Å². The number of rotatable bonds is 2. The molecule has 0 fully saturated rings. The van der Waals surface area contributed by atoms with Gasteiger partial charge >= 0.3 is 0 Å². The molecule has 0 atom stereocenters. The van der Waals surface area contributed by atoms with Gasteiger partial charge in [-0.25, -0.2) is 0 Å². The van der Waals surface area contributed by atoms with E-state index in [1.807, 2.05) is 19.1 Å². The number of aryl methyl sites for hydroxylation is 1. The summed E-state index contributed by atoms with van der Waals surface area (Å²) in [7, 11) is 0. The molecule has 1 N–H and O–H groups in total. The summed E-state index contributed by atoms with van der Waals surface area (Å²) in [6, 6.07) is 5.63. The number of benzene rings is 1. The van der Waals surface area contributed by atoms with E-state index in [1.165, 1.54) is 4.88 Å². The number of aliphatic hydroxyl groups is 1. The first-order chi connectivity index (χ1) is 6.74. The first-order valence-electron chi connectivity index (χ1n) is 4.33. The van der Waals surface area contributed by atoms with Crippen molar-refractivity contribution < 1.29 is 9.90 Å². The third kappa shape index (κ3) is 1.45. The van der Waals surface area contributed by atoms with Crippen molar-refractivity contribution >= 4 is 27.7 Å². The predicted molar refractivity (Wildman–Crippen MR) is 57.9 cm³/mol. The fourth-order valence-electron chi connectivity index (χ4n) is 1.57. The molecule has 14 heavy (non-hydrogen) atoms. The van der Waals surface area contributed by atoms with Crippen LogP contribution in [0.4, 0.5) is 0 Å². The summed E-state index contributed by atoms with van der Waals surface area (Å²) < 4.78 is 1.08. The van der Waals surface area contributed by atoms with Crippen LogP contribution < -0.4 is 0 Å². The van der Waals surface area contributed by atoms with Gasteiger partial charge in [0.2, 0.25) is 0 Å². The standard InChI is InChI=1S/C11H10O2S/c1-7-2-9-3-8(5-12)4-10(6-13)11(9)14-7/h2-5,13H,6H2,1H3. The zero-order valence-corrected chi connectivity index (χ0v) is 8.60. The van der Waals surface area contributed by atoms with Crippen molar-refractivity contribution in [3.05, 3.63) is 34.2 Å². The third-order valence-corrected chi connectivity index (χ3v) is 3.29. The molecule has 0 bridgehead atoms. The van der Waals surface area contributed by atoms with Gasteiger partial charge < -0.3 is 5.11 Å². The highest BCUT2D eigenvalue weighted by atomic mass is 32.1. The summed E-state index contributed by atoms with van der Waals surface area (Å²) in [6.07, 6.45) is 0.811. The molecule has 0 unspecified atom stereocenters. The second-order valence-corrected chi connectivity index (χ2v) is 4.49. The van der Waals surface area contributed by atoms with Crippen LogP contribution in [-0.4, -0.2) is 11.4 Å². The average molecular weight is 206 g/mol. The van der Waals surface area contributed by atoms with Crippen molar-refractivity contribution in [1.29, 1.82) is 0 Å². The first-order valence-corrected chi connectivity index (χ1v) is 5.15. The van der Waals surface area contributed by atoms with Crippen molar-refractivity contribution in [1.82, 2.24) is 0 Å². The molecule has 2 nitrogen and oxygen atoms in total. The van der Waals surface area contributed by atoms with Crippen LogP contribution in [0.2, 0.25) is 0 Å². The van der Waals surface area contributed by atoms with Crippen molar-refractivity contribution in [2.24, 2.45) is 0 Å². The lowest BCUT2D eigenvalue weighted by molar-refractivity contribution is 0.112.